The average molecular weight is 335 g/mol. The van der Waals surface area contributed by atoms with E-state index in [9.17, 15) is 9.59 Å². The molecule has 3 aromatic heterocycles. The highest BCUT2D eigenvalue weighted by atomic mass is 16.3. The van der Waals surface area contributed by atoms with Gasteiger partial charge in [0.05, 0.1) is 18.0 Å². The number of carbonyl (C=O) groups excluding carboxylic acids is 1. The molecule has 3 heterocycles. The van der Waals surface area contributed by atoms with Crippen molar-refractivity contribution in [3.05, 3.63) is 65.3 Å². The molecule has 2 N–H and O–H groups in total. The fourth-order valence-corrected chi connectivity index (χ4v) is 2.47. The molecule has 0 fully saturated rings. The van der Waals surface area contributed by atoms with Gasteiger partial charge in [-0.3, -0.25) is 14.7 Å². The first kappa shape index (κ1) is 14.9. The number of furan rings is 1. The Morgan fingerprint density at radius 1 is 1.24 bits per heavy atom. The normalized spacial score (nSPS) is 10.9. The van der Waals surface area contributed by atoms with Gasteiger partial charge in [0.2, 0.25) is 5.91 Å². The molecule has 0 atom stereocenters. The van der Waals surface area contributed by atoms with Crippen LogP contribution >= 0.6 is 0 Å². The first-order valence-electron chi connectivity index (χ1n) is 7.54. The summed E-state index contributed by atoms with van der Waals surface area (Å²) in [7, 11) is 0. The van der Waals surface area contributed by atoms with Crippen LogP contribution in [0.3, 0.4) is 0 Å². The van der Waals surface area contributed by atoms with Gasteiger partial charge in [0, 0.05) is 17.1 Å². The molecule has 4 aromatic rings. The molecule has 124 valence electrons. The van der Waals surface area contributed by atoms with E-state index < -0.39 is 0 Å². The standard InChI is InChI=1S/C17H13N5O3/c23-16(19-12-4-3-11-9-18-20-14(11)8-12)10-22-17(24)6-5-13(21-22)15-2-1-7-25-15/h1-9H,10H2,(H,18,20)(H,19,23). The Morgan fingerprint density at radius 2 is 2.16 bits per heavy atom. The SMILES string of the molecule is O=C(Cn1nc(-c2ccco2)ccc1=O)Nc1ccc2cn[nH]c2c1. The third-order valence-electron chi connectivity index (χ3n) is 3.66. The number of nitrogens with one attached hydrogen (secondary N) is 2. The number of nitrogens with zero attached hydrogens (tertiary/aromatic N) is 3. The summed E-state index contributed by atoms with van der Waals surface area (Å²) < 4.78 is 6.36. The highest BCUT2D eigenvalue weighted by molar-refractivity contribution is 5.93. The second-order valence-corrected chi connectivity index (χ2v) is 5.41. The van der Waals surface area contributed by atoms with Crippen molar-refractivity contribution in [1.29, 1.82) is 0 Å². The Morgan fingerprint density at radius 3 is 3.00 bits per heavy atom. The van der Waals surface area contributed by atoms with Crippen LogP contribution in [0.4, 0.5) is 5.69 Å². The van der Waals surface area contributed by atoms with Gasteiger partial charge in [-0.25, -0.2) is 4.68 Å². The number of benzene rings is 1. The van der Waals surface area contributed by atoms with Crippen LogP contribution in [0, 0.1) is 0 Å². The highest BCUT2D eigenvalue weighted by Crippen LogP contribution is 2.17. The molecule has 4 rings (SSSR count). The molecular formula is C17H13N5O3. The van der Waals surface area contributed by atoms with Crippen molar-refractivity contribution in [3.8, 4) is 11.5 Å². The average Bonchev–Trinajstić information content (AvgIpc) is 3.27. The predicted molar refractivity (Wildman–Crippen MR) is 90.9 cm³/mol. The number of fused-ring (bicyclic) bond motifs is 1. The zero-order valence-electron chi connectivity index (χ0n) is 13.0. The first-order valence-corrected chi connectivity index (χ1v) is 7.54. The molecule has 0 bridgehead atoms. The number of rotatable bonds is 4. The lowest BCUT2D eigenvalue weighted by molar-refractivity contribution is -0.117. The second kappa shape index (κ2) is 6.08. The van der Waals surface area contributed by atoms with Gasteiger partial charge in [0.15, 0.2) is 5.76 Å². The van der Waals surface area contributed by atoms with Crippen molar-refractivity contribution in [2.24, 2.45) is 0 Å². The molecule has 25 heavy (non-hydrogen) atoms. The van der Waals surface area contributed by atoms with Crippen LogP contribution in [-0.4, -0.2) is 25.9 Å². The van der Waals surface area contributed by atoms with Crippen molar-refractivity contribution < 1.29 is 9.21 Å². The zero-order valence-corrected chi connectivity index (χ0v) is 13.0. The Bertz CT molecular complexity index is 1090. The number of anilines is 1. The van der Waals surface area contributed by atoms with Crippen LogP contribution in [0.25, 0.3) is 22.4 Å². The van der Waals surface area contributed by atoms with Gasteiger partial charge < -0.3 is 9.73 Å². The third-order valence-corrected chi connectivity index (χ3v) is 3.66. The summed E-state index contributed by atoms with van der Waals surface area (Å²) in [5.74, 6) is 0.170. The van der Waals surface area contributed by atoms with E-state index in [1.807, 2.05) is 6.07 Å². The van der Waals surface area contributed by atoms with Crippen molar-refractivity contribution in [3.63, 3.8) is 0 Å². The molecule has 0 aliphatic carbocycles. The quantitative estimate of drug-likeness (QED) is 0.593. The zero-order chi connectivity index (χ0) is 17.2. The van der Waals surface area contributed by atoms with Gasteiger partial charge in [0.1, 0.15) is 12.2 Å². The van der Waals surface area contributed by atoms with Gasteiger partial charge in [-0.05, 0) is 36.4 Å². The van der Waals surface area contributed by atoms with E-state index >= 15 is 0 Å². The fraction of sp³-hybridized carbons (Fsp3) is 0.0588. The molecule has 8 heteroatoms. The molecule has 0 radical (unpaired) electrons. The van der Waals surface area contributed by atoms with Crippen molar-refractivity contribution in [2.75, 3.05) is 5.32 Å². The molecule has 8 nitrogen and oxygen atoms in total. The lowest BCUT2D eigenvalue weighted by Gasteiger charge is -2.07. The van der Waals surface area contributed by atoms with E-state index in [0.29, 0.717) is 17.1 Å². The molecule has 1 amide bonds. The topological polar surface area (TPSA) is 106 Å². The smallest absolute Gasteiger partial charge is 0.267 e. The summed E-state index contributed by atoms with van der Waals surface area (Å²) in [6, 6.07) is 11.8. The maximum atomic E-state index is 12.2. The first-order chi connectivity index (χ1) is 12.2. The molecular weight excluding hydrogens is 322 g/mol. The Kier molecular flexibility index (Phi) is 3.62. The highest BCUT2D eigenvalue weighted by Gasteiger charge is 2.10. The molecule has 0 saturated carbocycles. The molecule has 0 unspecified atom stereocenters. The van der Waals surface area contributed by atoms with Crippen LogP contribution in [0.5, 0.6) is 0 Å². The molecule has 0 saturated heterocycles. The van der Waals surface area contributed by atoms with Gasteiger partial charge in [0.25, 0.3) is 5.56 Å². The lowest BCUT2D eigenvalue weighted by atomic mass is 10.2. The van der Waals surface area contributed by atoms with Gasteiger partial charge >= 0.3 is 0 Å². The number of carbonyl (C=O) groups is 1. The van der Waals surface area contributed by atoms with E-state index in [-0.39, 0.29) is 18.0 Å². The number of H-pyrrole nitrogens is 1. The summed E-state index contributed by atoms with van der Waals surface area (Å²) in [5, 5.41) is 14.6. The maximum Gasteiger partial charge on any atom is 0.267 e. The van der Waals surface area contributed by atoms with Crippen molar-refractivity contribution >= 4 is 22.5 Å². The minimum absolute atomic E-state index is 0.200. The second-order valence-electron chi connectivity index (χ2n) is 5.41. The third kappa shape index (κ3) is 3.05. The maximum absolute atomic E-state index is 12.2. The van der Waals surface area contributed by atoms with Gasteiger partial charge in [-0.2, -0.15) is 10.2 Å². The van der Waals surface area contributed by atoms with E-state index in [2.05, 4.69) is 20.6 Å². The van der Waals surface area contributed by atoms with Crippen molar-refractivity contribution in [1.82, 2.24) is 20.0 Å². The van der Waals surface area contributed by atoms with Crippen LogP contribution < -0.4 is 10.9 Å². The van der Waals surface area contributed by atoms with E-state index in [1.165, 1.54) is 12.3 Å². The van der Waals surface area contributed by atoms with Crippen LogP contribution in [0.1, 0.15) is 0 Å². The predicted octanol–water partition coefficient (Wildman–Crippen LogP) is 2.02. The minimum atomic E-state index is -0.366. The molecule has 0 spiro atoms. The molecule has 1 aromatic carbocycles. The summed E-state index contributed by atoms with van der Waals surface area (Å²) in [4.78, 5) is 24.2. The van der Waals surface area contributed by atoms with Crippen LogP contribution in [-0.2, 0) is 11.3 Å². The lowest BCUT2D eigenvalue weighted by Crippen LogP contribution is -2.29. The largest absolute Gasteiger partial charge is 0.463 e. The van der Waals surface area contributed by atoms with Gasteiger partial charge in [-0.1, -0.05) is 0 Å². The number of amides is 1. The Hall–Kier alpha value is -3.68. The van der Waals surface area contributed by atoms with E-state index in [0.717, 1.165) is 15.6 Å². The minimum Gasteiger partial charge on any atom is -0.463 e. The monoisotopic (exact) mass is 335 g/mol. The van der Waals surface area contributed by atoms with Crippen LogP contribution in [0.2, 0.25) is 0 Å². The summed E-state index contributed by atoms with van der Waals surface area (Å²) in [5.41, 5.74) is 1.54. The van der Waals surface area contributed by atoms with E-state index in [1.54, 1.807) is 36.5 Å². The summed E-state index contributed by atoms with van der Waals surface area (Å²) >= 11 is 0. The van der Waals surface area contributed by atoms with Crippen molar-refractivity contribution in [2.45, 2.75) is 6.54 Å². The molecule has 0 aliphatic rings. The Labute approximate surface area is 141 Å². The fourth-order valence-electron chi connectivity index (χ4n) is 2.47. The molecule has 0 aliphatic heterocycles. The van der Waals surface area contributed by atoms with Gasteiger partial charge in [-0.15, -0.1) is 0 Å². The Balaban J connectivity index is 1.54. The summed E-state index contributed by atoms with van der Waals surface area (Å²) in [6.45, 7) is -0.200. The number of hydrogen-bond acceptors (Lipinski definition) is 5. The number of aromatic nitrogens is 4. The van der Waals surface area contributed by atoms with E-state index in [4.69, 9.17) is 4.42 Å². The van der Waals surface area contributed by atoms with Crippen LogP contribution in [0.15, 0.2) is 64.1 Å². The number of hydrogen-bond donors (Lipinski definition) is 2. The summed E-state index contributed by atoms with van der Waals surface area (Å²) in [6.07, 6.45) is 3.22. The number of aromatic amines is 1.